The van der Waals surface area contributed by atoms with E-state index >= 15 is 0 Å². The minimum Gasteiger partial charge on any atom is -0.391 e. The van der Waals surface area contributed by atoms with Crippen LogP contribution >= 0.6 is 23.7 Å². The van der Waals surface area contributed by atoms with Gasteiger partial charge >= 0.3 is 0 Å². The summed E-state index contributed by atoms with van der Waals surface area (Å²) < 4.78 is 0. The first-order valence-corrected chi connectivity index (χ1v) is 20.2. The molecule has 3 aromatic carbocycles. The number of aliphatic imine (C=N–C) groups is 1. The first kappa shape index (κ1) is 44.6. The molecule has 314 valence electrons. The number of carbonyl (C=O) groups is 4. The third-order valence-electron chi connectivity index (χ3n) is 10.3. The van der Waals surface area contributed by atoms with Gasteiger partial charge in [0.2, 0.25) is 17.7 Å². The maximum absolute atomic E-state index is 14.1. The van der Waals surface area contributed by atoms with Crippen LogP contribution in [0.4, 0.5) is 17.1 Å². The number of guanidine groups is 1. The van der Waals surface area contributed by atoms with Crippen molar-refractivity contribution in [2.45, 2.75) is 58.8 Å². The lowest BCUT2D eigenvalue weighted by Crippen LogP contribution is -2.59. The number of likely N-dealkylation sites (tertiary alicyclic amines) is 1. The molecular weight excluding hydrogens is 792 g/mol. The largest absolute Gasteiger partial charge is 0.391 e. The Kier molecular flexibility index (Phi) is 14.7. The zero-order valence-corrected chi connectivity index (χ0v) is 35.3. The Morgan fingerprint density at radius 1 is 0.949 bits per heavy atom. The second-order valence-corrected chi connectivity index (χ2v) is 16.6. The van der Waals surface area contributed by atoms with Gasteiger partial charge in [-0.25, -0.2) is 9.98 Å². The van der Waals surface area contributed by atoms with Crippen molar-refractivity contribution in [2.75, 3.05) is 49.5 Å². The highest BCUT2D eigenvalue weighted by Crippen LogP contribution is 2.29. The molecule has 17 heteroatoms. The summed E-state index contributed by atoms with van der Waals surface area (Å²) in [4.78, 5) is 68.8. The Morgan fingerprint density at radius 3 is 2.20 bits per heavy atom. The number of halogens is 1. The average molecular weight is 845 g/mol. The van der Waals surface area contributed by atoms with Crippen LogP contribution in [0.3, 0.4) is 0 Å². The summed E-state index contributed by atoms with van der Waals surface area (Å²) in [5.41, 5.74) is 17.6. The first-order valence-electron chi connectivity index (χ1n) is 19.3. The number of nitrogens with one attached hydrogen (secondary N) is 3. The fourth-order valence-corrected chi connectivity index (χ4v) is 7.96. The van der Waals surface area contributed by atoms with Crippen LogP contribution in [0.25, 0.3) is 10.4 Å². The lowest BCUT2D eigenvalue weighted by Gasteiger charge is -2.37. The number of piperazine rings is 1. The van der Waals surface area contributed by atoms with E-state index < -0.39 is 29.5 Å². The number of amides is 4. The Labute approximate surface area is 354 Å². The molecule has 15 nitrogen and oxygen atoms in total. The number of hydrogen-bond donors (Lipinski definition) is 6. The predicted molar refractivity (Wildman–Crippen MR) is 234 cm³/mol. The molecule has 0 bridgehead atoms. The smallest absolute Gasteiger partial charge is 0.255 e. The standard InChI is InChI=1S/C42H52N10O5S.ClH/c1-26-36(58-25-46-26)28-7-5-27(6-8-28)22-45-39(56)34-21-33(53)23-52(34)40(57)37(42(2,3)4)49-35(54)24-50-17-19-51(20-18-50)32-15-13-30(14-16-32)47-38(55)29-9-11-31(12-10-29)48-41(43)44;/h5-16,25,33-34,37,53H,17-24H2,1-4H3,(H,45,56)(H,47,55)(H,49,54)(H4,43,44,48);1H/t33-,34+,37-;/m1./s1. The van der Waals surface area contributed by atoms with Crippen LogP contribution in [0.1, 0.15) is 48.8 Å². The lowest BCUT2D eigenvalue weighted by molar-refractivity contribution is -0.144. The van der Waals surface area contributed by atoms with Crippen LogP contribution in [-0.2, 0) is 20.9 Å². The second-order valence-electron chi connectivity index (χ2n) is 15.8. The molecule has 2 saturated heterocycles. The second kappa shape index (κ2) is 19.5. The van der Waals surface area contributed by atoms with Gasteiger partial charge in [-0.05, 0) is 72.0 Å². The molecule has 0 spiro atoms. The number of hydrogen-bond acceptors (Lipinski definition) is 10. The molecule has 4 aromatic rings. The SMILES string of the molecule is Cc1ncsc1-c1ccc(CNC(=O)[C@@H]2C[C@@H](O)CN2C(=O)[C@@H](NC(=O)CN2CCN(c3ccc(NC(=O)c4ccc(N=C(N)N)cc4)cc3)CC2)C(C)(C)C)cc1.Cl. The normalized spacial score (nSPS) is 17.4. The van der Waals surface area contributed by atoms with Crippen molar-refractivity contribution in [1.82, 2.24) is 25.4 Å². The summed E-state index contributed by atoms with van der Waals surface area (Å²) in [5.74, 6) is -1.35. The third-order valence-corrected chi connectivity index (χ3v) is 11.3. The van der Waals surface area contributed by atoms with Gasteiger partial charge in [-0.3, -0.25) is 24.1 Å². The maximum Gasteiger partial charge on any atom is 0.255 e. The van der Waals surface area contributed by atoms with Gasteiger partial charge in [0.05, 0.1) is 34.4 Å². The van der Waals surface area contributed by atoms with E-state index in [-0.39, 0.29) is 62.1 Å². The van der Waals surface area contributed by atoms with Gasteiger partial charge in [-0.1, -0.05) is 45.0 Å². The van der Waals surface area contributed by atoms with E-state index in [2.05, 4.69) is 30.8 Å². The lowest BCUT2D eigenvalue weighted by atomic mass is 9.85. The minimum atomic E-state index is -0.910. The zero-order chi connectivity index (χ0) is 41.6. The van der Waals surface area contributed by atoms with E-state index in [1.54, 1.807) is 35.6 Å². The van der Waals surface area contributed by atoms with E-state index in [9.17, 15) is 24.3 Å². The summed E-state index contributed by atoms with van der Waals surface area (Å²) in [5, 5.41) is 19.4. The van der Waals surface area contributed by atoms with Crippen molar-refractivity contribution in [1.29, 1.82) is 0 Å². The van der Waals surface area contributed by atoms with Gasteiger partial charge in [0.25, 0.3) is 5.91 Å². The summed E-state index contributed by atoms with van der Waals surface area (Å²) in [6.07, 6.45) is -0.740. The van der Waals surface area contributed by atoms with Crippen molar-refractivity contribution in [3.05, 3.63) is 95.1 Å². The van der Waals surface area contributed by atoms with E-state index in [1.807, 2.05) is 86.6 Å². The molecule has 6 rings (SSSR count). The molecule has 3 atom stereocenters. The number of nitrogens with two attached hydrogens (primary N) is 2. The monoisotopic (exact) mass is 844 g/mol. The maximum atomic E-state index is 14.1. The summed E-state index contributed by atoms with van der Waals surface area (Å²) in [7, 11) is 0. The van der Waals surface area contributed by atoms with Crippen molar-refractivity contribution in [3.63, 3.8) is 0 Å². The van der Waals surface area contributed by atoms with E-state index in [0.29, 0.717) is 43.1 Å². The number of benzene rings is 3. The molecule has 2 aliphatic heterocycles. The topological polar surface area (TPSA) is 212 Å². The number of anilines is 2. The average Bonchev–Trinajstić information content (AvgIpc) is 3.81. The molecule has 2 aliphatic rings. The molecule has 0 unspecified atom stereocenters. The summed E-state index contributed by atoms with van der Waals surface area (Å²) in [6.45, 7) is 10.6. The molecule has 4 amide bonds. The highest BCUT2D eigenvalue weighted by Gasteiger charge is 2.44. The molecule has 0 aliphatic carbocycles. The Hall–Kier alpha value is -5.55. The van der Waals surface area contributed by atoms with Gasteiger partial charge in [0, 0.05) is 62.6 Å². The molecule has 1 aromatic heterocycles. The number of aromatic nitrogens is 1. The molecule has 0 radical (unpaired) electrons. The van der Waals surface area contributed by atoms with Gasteiger partial charge in [0.1, 0.15) is 12.1 Å². The van der Waals surface area contributed by atoms with Crippen LogP contribution in [0.15, 0.2) is 83.3 Å². The Morgan fingerprint density at radius 2 is 1.61 bits per heavy atom. The fourth-order valence-electron chi connectivity index (χ4n) is 7.15. The van der Waals surface area contributed by atoms with Gasteiger partial charge in [-0.2, -0.15) is 0 Å². The van der Waals surface area contributed by atoms with Crippen LogP contribution in [-0.4, -0.2) is 107 Å². The quantitative estimate of drug-likeness (QED) is 0.0901. The van der Waals surface area contributed by atoms with Crippen molar-refractivity contribution in [2.24, 2.45) is 21.9 Å². The third kappa shape index (κ3) is 11.6. The number of nitrogens with zero attached hydrogens (tertiary/aromatic N) is 5. The molecular formula is C42H53ClN10O5S. The summed E-state index contributed by atoms with van der Waals surface area (Å²) >= 11 is 1.58. The number of carbonyl (C=O) groups excluding carboxylic acids is 4. The number of aliphatic hydroxyl groups is 1. The van der Waals surface area contributed by atoms with Crippen molar-refractivity contribution < 1.29 is 24.3 Å². The van der Waals surface area contributed by atoms with E-state index in [0.717, 1.165) is 27.4 Å². The van der Waals surface area contributed by atoms with Gasteiger partial charge in [0.15, 0.2) is 5.96 Å². The molecule has 2 fully saturated rings. The number of aliphatic hydroxyl groups excluding tert-OH is 1. The van der Waals surface area contributed by atoms with Crippen LogP contribution in [0.5, 0.6) is 0 Å². The van der Waals surface area contributed by atoms with Gasteiger partial charge < -0.3 is 42.3 Å². The molecule has 3 heterocycles. The minimum absolute atomic E-state index is 0. The van der Waals surface area contributed by atoms with Crippen LogP contribution in [0, 0.1) is 12.3 Å². The number of rotatable bonds is 12. The molecule has 59 heavy (non-hydrogen) atoms. The zero-order valence-electron chi connectivity index (χ0n) is 33.7. The number of β-amino-alcohol motifs (C(OH)–C–C–N with tert-alkyl or cyclic N) is 1. The van der Waals surface area contributed by atoms with E-state index in [4.69, 9.17) is 11.5 Å². The highest BCUT2D eigenvalue weighted by molar-refractivity contribution is 7.13. The van der Waals surface area contributed by atoms with Gasteiger partial charge in [-0.15, -0.1) is 23.7 Å². The highest BCUT2D eigenvalue weighted by atomic mass is 35.5. The predicted octanol–water partition coefficient (Wildman–Crippen LogP) is 3.63. The summed E-state index contributed by atoms with van der Waals surface area (Å²) in [6, 6.07) is 20.3. The van der Waals surface area contributed by atoms with Crippen LogP contribution < -0.4 is 32.3 Å². The molecule has 0 saturated carbocycles. The fraction of sp³-hybridized carbons (Fsp3) is 0.381. The molecule has 8 N–H and O–H groups in total. The number of aryl methyl sites for hydroxylation is 1. The van der Waals surface area contributed by atoms with E-state index in [1.165, 1.54) is 4.90 Å². The van der Waals surface area contributed by atoms with Crippen LogP contribution in [0.2, 0.25) is 0 Å². The number of thiazole rings is 1. The Balaban J connectivity index is 0.00000661. The first-order chi connectivity index (χ1) is 27.6. The van der Waals surface area contributed by atoms with Crippen molar-refractivity contribution >= 4 is 70.4 Å². The van der Waals surface area contributed by atoms with Crippen molar-refractivity contribution in [3.8, 4) is 10.4 Å². The Bertz CT molecular complexity index is 2110.